The van der Waals surface area contributed by atoms with Crippen molar-refractivity contribution in [3.05, 3.63) is 118 Å². The zero-order valence-electron chi connectivity index (χ0n) is 28.3. The first kappa shape index (κ1) is 33.0. The molecule has 4 aliphatic heterocycles. The first-order valence-corrected chi connectivity index (χ1v) is 20.5. The zero-order chi connectivity index (χ0) is 32.5. The second kappa shape index (κ2) is 16.3. The Morgan fingerprint density at radius 2 is 1.23 bits per heavy atom. The largest absolute Gasteiger partial charge is 0.371 e. The van der Waals surface area contributed by atoms with Crippen LogP contribution in [0.5, 0.6) is 0 Å². The van der Waals surface area contributed by atoms with Gasteiger partial charge in [0.15, 0.2) is 18.9 Å². The number of aliphatic imine (C=N–C) groups is 1. The third kappa shape index (κ3) is 8.20. The standard InChI is InChI=1S/C42H49N4S2/c1-2-33(11-13-35-29-37-7-3-20-45-21-4-8-38(30-35)41(37)45)15-18-43-19-27-47-48-28-26-44-24-16-34(17-25-44)12-14-36-31-39-9-5-22-46-23-6-10-40(32-36)42(39)46/h2,11-18,24-25,29-32H,1,3-10,19-23,26-28H2/q+1/b13-11+,33-15+,43-18?. The minimum Gasteiger partial charge on any atom is -0.371 e. The number of rotatable bonds is 13. The molecule has 4 nitrogen and oxygen atoms in total. The molecular weight excluding hydrogens is 625 g/mol. The molecule has 0 amide bonds. The molecule has 4 aliphatic rings. The molecule has 2 aromatic carbocycles. The molecule has 0 aliphatic carbocycles. The van der Waals surface area contributed by atoms with Gasteiger partial charge >= 0.3 is 0 Å². The van der Waals surface area contributed by atoms with Crippen molar-refractivity contribution in [2.24, 2.45) is 4.99 Å². The number of hydrogen-bond acceptors (Lipinski definition) is 5. The number of allylic oxidation sites excluding steroid dienone is 4. The molecule has 0 N–H and O–H groups in total. The Balaban J connectivity index is 0.813. The van der Waals surface area contributed by atoms with Gasteiger partial charge in [-0.2, -0.15) is 0 Å². The van der Waals surface area contributed by atoms with Crippen LogP contribution in [-0.4, -0.2) is 50.4 Å². The monoisotopic (exact) mass is 673 g/mol. The highest BCUT2D eigenvalue weighted by atomic mass is 33.1. The van der Waals surface area contributed by atoms with Gasteiger partial charge in [0.2, 0.25) is 0 Å². The molecule has 0 atom stereocenters. The quantitative estimate of drug-likeness (QED) is 0.0595. The summed E-state index contributed by atoms with van der Waals surface area (Å²) in [5.74, 6) is 2.09. The van der Waals surface area contributed by atoms with Crippen molar-refractivity contribution in [1.82, 2.24) is 0 Å². The van der Waals surface area contributed by atoms with Crippen molar-refractivity contribution in [2.75, 3.05) is 54.0 Å². The Hall–Kier alpha value is -3.48. The summed E-state index contributed by atoms with van der Waals surface area (Å²) in [6, 6.07) is 14.1. The van der Waals surface area contributed by atoms with Crippen LogP contribution in [0.2, 0.25) is 0 Å². The predicted octanol–water partition coefficient (Wildman–Crippen LogP) is 8.82. The maximum Gasteiger partial charge on any atom is 0.169 e. The molecule has 1 aromatic heterocycles. The van der Waals surface area contributed by atoms with Crippen LogP contribution in [0.25, 0.3) is 18.2 Å². The number of benzene rings is 2. The van der Waals surface area contributed by atoms with Crippen molar-refractivity contribution < 1.29 is 4.57 Å². The molecule has 0 spiro atoms. The summed E-state index contributed by atoms with van der Waals surface area (Å²) >= 11 is 0. The Bertz CT molecular complexity index is 1660. The van der Waals surface area contributed by atoms with Gasteiger partial charge in [-0.3, -0.25) is 4.99 Å². The minimum absolute atomic E-state index is 0.825. The van der Waals surface area contributed by atoms with E-state index in [0.29, 0.717) is 0 Å². The smallest absolute Gasteiger partial charge is 0.169 e. The van der Waals surface area contributed by atoms with E-state index in [1.807, 2.05) is 33.9 Å². The van der Waals surface area contributed by atoms with Gasteiger partial charge in [0.1, 0.15) is 0 Å². The molecule has 0 saturated carbocycles. The predicted molar refractivity (Wildman–Crippen MR) is 212 cm³/mol. The number of anilines is 2. The fourth-order valence-electron chi connectivity index (χ4n) is 7.72. The second-order valence-electron chi connectivity index (χ2n) is 13.4. The van der Waals surface area contributed by atoms with Gasteiger partial charge in [-0.1, -0.05) is 58.5 Å². The Morgan fingerprint density at radius 1 is 0.708 bits per heavy atom. The lowest BCUT2D eigenvalue weighted by molar-refractivity contribution is -0.692. The SMILES string of the molecule is C=CC(/C=C/c1cc2c3c(c1)CCCN3CCC2)=C\C=NCCSSCC[n+]1ccc(/C=C/c2cc3c4c(c2)CCCN4CCC3)cc1. The highest BCUT2D eigenvalue weighted by molar-refractivity contribution is 8.76. The fourth-order valence-corrected chi connectivity index (χ4v) is 9.58. The molecule has 0 saturated heterocycles. The number of nitrogens with zero attached hydrogens (tertiary/aromatic N) is 4. The zero-order valence-corrected chi connectivity index (χ0v) is 29.9. The average molecular weight is 674 g/mol. The first-order chi connectivity index (χ1) is 23.7. The lowest BCUT2D eigenvalue weighted by atomic mass is 9.90. The number of hydrogen-bond donors (Lipinski definition) is 0. The third-order valence-corrected chi connectivity index (χ3v) is 12.4. The van der Waals surface area contributed by atoms with E-state index < -0.39 is 0 Å². The van der Waals surface area contributed by atoms with E-state index >= 15 is 0 Å². The van der Waals surface area contributed by atoms with Crippen molar-refractivity contribution in [2.45, 2.75) is 57.9 Å². The summed E-state index contributed by atoms with van der Waals surface area (Å²) in [5, 5.41) is 0. The summed E-state index contributed by atoms with van der Waals surface area (Å²) in [6.07, 6.45) is 29.2. The lowest BCUT2D eigenvalue weighted by Gasteiger charge is -2.37. The molecular formula is C42H49N4S2+. The summed E-state index contributed by atoms with van der Waals surface area (Å²) < 4.78 is 2.28. The topological polar surface area (TPSA) is 22.7 Å². The van der Waals surface area contributed by atoms with Crippen molar-refractivity contribution in [3.8, 4) is 0 Å². The molecule has 6 heteroatoms. The molecule has 0 unspecified atom stereocenters. The Kier molecular flexibility index (Phi) is 11.2. The van der Waals surface area contributed by atoms with Gasteiger partial charge < -0.3 is 9.80 Å². The third-order valence-electron chi connectivity index (χ3n) is 9.99. The van der Waals surface area contributed by atoms with Crippen LogP contribution in [0.4, 0.5) is 11.4 Å². The van der Waals surface area contributed by atoms with Gasteiger partial charge in [-0.15, -0.1) is 0 Å². The molecule has 0 fully saturated rings. The van der Waals surface area contributed by atoms with Crippen molar-refractivity contribution in [1.29, 1.82) is 0 Å². The van der Waals surface area contributed by atoms with Gasteiger partial charge in [-0.25, -0.2) is 4.57 Å². The maximum absolute atomic E-state index is 4.62. The van der Waals surface area contributed by atoms with Gasteiger partial charge in [0.05, 0.1) is 5.75 Å². The van der Waals surface area contributed by atoms with Crippen molar-refractivity contribution >= 4 is 57.4 Å². The molecule has 3 aromatic rings. The fraction of sp³-hybridized carbons (Fsp3) is 0.381. The van der Waals surface area contributed by atoms with Crippen LogP contribution in [-0.2, 0) is 32.2 Å². The Labute approximate surface area is 295 Å². The molecule has 0 bridgehead atoms. The van der Waals surface area contributed by atoms with Crippen LogP contribution in [0.1, 0.15) is 64.6 Å². The van der Waals surface area contributed by atoms with Crippen LogP contribution in [0, 0.1) is 0 Å². The van der Waals surface area contributed by atoms with E-state index in [4.69, 9.17) is 0 Å². The molecule has 0 radical (unpaired) electrons. The van der Waals surface area contributed by atoms with Crippen LogP contribution >= 0.6 is 21.6 Å². The van der Waals surface area contributed by atoms with Gasteiger partial charge in [-0.05, 0) is 126 Å². The number of aryl methyl sites for hydroxylation is 5. The highest BCUT2D eigenvalue weighted by Gasteiger charge is 2.25. The first-order valence-electron chi connectivity index (χ1n) is 18.0. The van der Waals surface area contributed by atoms with E-state index in [2.05, 4.69) is 105 Å². The van der Waals surface area contributed by atoms with Crippen LogP contribution in [0.15, 0.2) is 84.2 Å². The van der Waals surface area contributed by atoms with Gasteiger partial charge in [0, 0.05) is 68.2 Å². The minimum atomic E-state index is 0.825. The van der Waals surface area contributed by atoms with Crippen molar-refractivity contribution in [3.63, 3.8) is 0 Å². The van der Waals surface area contributed by atoms with Gasteiger partial charge in [0.25, 0.3) is 0 Å². The molecule has 48 heavy (non-hydrogen) atoms. The maximum atomic E-state index is 4.62. The van der Waals surface area contributed by atoms with E-state index in [-0.39, 0.29) is 0 Å². The number of pyridine rings is 1. The average Bonchev–Trinajstić information content (AvgIpc) is 3.12. The Morgan fingerprint density at radius 3 is 1.79 bits per heavy atom. The van der Waals surface area contributed by atoms with E-state index in [9.17, 15) is 0 Å². The molecule has 248 valence electrons. The summed E-state index contributed by atoms with van der Waals surface area (Å²) in [6.45, 7) is 10.8. The van der Waals surface area contributed by atoms with E-state index in [1.165, 1.54) is 111 Å². The van der Waals surface area contributed by atoms with E-state index in [0.717, 1.165) is 30.2 Å². The lowest BCUT2D eigenvalue weighted by Crippen LogP contribution is -2.34. The normalized spacial score (nSPS) is 17.4. The highest BCUT2D eigenvalue weighted by Crippen LogP contribution is 2.37. The molecule has 7 rings (SSSR count). The second-order valence-corrected chi connectivity index (χ2v) is 16.1. The number of aromatic nitrogens is 1. The van der Waals surface area contributed by atoms with Crippen LogP contribution < -0.4 is 14.4 Å². The summed E-state index contributed by atoms with van der Waals surface area (Å²) in [7, 11) is 3.84. The van der Waals surface area contributed by atoms with E-state index in [1.54, 1.807) is 16.8 Å². The summed E-state index contributed by atoms with van der Waals surface area (Å²) in [4.78, 5) is 9.83. The molecule has 5 heterocycles. The van der Waals surface area contributed by atoms with Crippen LogP contribution in [0.3, 0.4) is 0 Å². The summed E-state index contributed by atoms with van der Waals surface area (Å²) in [5.41, 5.74) is 14.2.